The molecule has 0 aromatic heterocycles. The summed E-state index contributed by atoms with van der Waals surface area (Å²) in [4.78, 5) is 11.7. The third-order valence-electron chi connectivity index (χ3n) is 3.42. The summed E-state index contributed by atoms with van der Waals surface area (Å²) in [6.07, 6.45) is -2.76. The maximum Gasteiger partial charge on any atom is 0.417 e. The third kappa shape index (κ3) is 6.86. The van der Waals surface area contributed by atoms with E-state index in [9.17, 15) is 18.0 Å². The first kappa shape index (κ1) is 19.2. The highest BCUT2D eigenvalue weighted by atomic mass is 19.4. The van der Waals surface area contributed by atoms with Gasteiger partial charge in [-0.1, -0.05) is 44.2 Å². The Kier molecular flexibility index (Phi) is 6.81. The van der Waals surface area contributed by atoms with E-state index in [4.69, 9.17) is 5.11 Å². The number of allylic oxidation sites excluding steroid dienone is 1. The topological polar surface area (TPSA) is 49.3 Å². The van der Waals surface area contributed by atoms with Crippen molar-refractivity contribution in [1.82, 2.24) is 5.32 Å². The number of rotatable bonds is 7. The molecule has 3 nitrogen and oxygen atoms in total. The predicted molar refractivity (Wildman–Crippen MR) is 83.6 cm³/mol. The van der Waals surface area contributed by atoms with E-state index in [0.717, 1.165) is 0 Å². The van der Waals surface area contributed by atoms with Gasteiger partial charge in [0.2, 0.25) is 5.91 Å². The number of alkyl halides is 3. The molecule has 0 spiro atoms. The smallest absolute Gasteiger partial charge is 0.396 e. The molecule has 2 N–H and O–H groups in total. The Morgan fingerprint density at radius 3 is 2.35 bits per heavy atom. The molecule has 0 radical (unpaired) electrons. The molecule has 0 saturated carbocycles. The number of amides is 1. The molecule has 1 aromatic rings. The van der Waals surface area contributed by atoms with Crippen molar-refractivity contribution in [2.45, 2.75) is 32.9 Å². The van der Waals surface area contributed by atoms with Crippen LogP contribution in [0.1, 0.15) is 32.3 Å². The minimum atomic E-state index is -4.60. The highest BCUT2D eigenvalue weighted by Crippen LogP contribution is 2.33. The zero-order valence-electron chi connectivity index (χ0n) is 13.3. The van der Waals surface area contributed by atoms with Crippen LogP contribution in [-0.2, 0) is 4.79 Å². The number of halogens is 3. The first-order chi connectivity index (χ1) is 10.7. The second-order valence-electron chi connectivity index (χ2n) is 6.14. The third-order valence-corrected chi connectivity index (χ3v) is 3.42. The minimum Gasteiger partial charge on any atom is -0.396 e. The number of nitrogens with one attached hydrogen (secondary N) is 1. The second kappa shape index (κ2) is 8.15. The first-order valence-corrected chi connectivity index (χ1v) is 7.39. The molecule has 6 heteroatoms. The van der Waals surface area contributed by atoms with Crippen LogP contribution < -0.4 is 5.32 Å². The van der Waals surface area contributed by atoms with Gasteiger partial charge in [-0.25, -0.2) is 0 Å². The van der Waals surface area contributed by atoms with E-state index < -0.39 is 17.7 Å². The number of carbonyl (C=O) groups excluding carboxylic acids is 1. The Labute approximate surface area is 134 Å². The number of hydrogen-bond donors (Lipinski definition) is 2. The van der Waals surface area contributed by atoms with Gasteiger partial charge in [0.15, 0.2) is 0 Å². The molecule has 0 aliphatic rings. The molecule has 0 unspecified atom stereocenters. The van der Waals surface area contributed by atoms with Crippen LogP contribution in [0.25, 0.3) is 5.57 Å². The van der Waals surface area contributed by atoms with Crippen molar-refractivity contribution in [3.63, 3.8) is 0 Å². The van der Waals surface area contributed by atoms with Gasteiger partial charge in [-0.3, -0.25) is 4.79 Å². The minimum absolute atomic E-state index is 0.0209. The standard InChI is InChI=1S/C17H22F3NO2/c1-16(2,12-22)9-6-10-21-15(23)11-14(17(18,19)20)13-7-4-3-5-8-13/h3-5,7-8,11,22H,6,9-10,12H2,1-2H3,(H,21,23)/b14-11-. The molecule has 128 valence electrons. The highest BCUT2D eigenvalue weighted by molar-refractivity contribution is 5.96. The molecule has 0 aliphatic carbocycles. The van der Waals surface area contributed by atoms with E-state index >= 15 is 0 Å². The molecular formula is C17H22F3NO2. The van der Waals surface area contributed by atoms with E-state index in [1.807, 2.05) is 13.8 Å². The summed E-state index contributed by atoms with van der Waals surface area (Å²) in [5.41, 5.74) is -1.27. The van der Waals surface area contributed by atoms with Crippen LogP contribution in [-0.4, -0.2) is 30.3 Å². The van der Waals surface area contributed by atoms with Gasteiger partial charge in [0, 0.05) is 19.2 Å². The second-order valence-corrected chi connectivity index (χ2v) is 6.14. The fraction of sp³-hybridized carbons (Fsp3) is 0.471. The van der Waals surface area contributed by atoms with Gasteiger partial charge in [-0.05, 0) is 23.8 Å². The first-order valence-electron chi connectivity index (χ1n) is 7.39. The molecular weight excluding hydrogens is 307 g/mol. The Balaban J connectivity index is 2.68. The number of aliphatic hydroxyl groups excluding tert-OH is 1. The summed E-state index contributed by atoms with van der Waals surface area (Å²) >= 11 is 0. The van der Waals surface area contributed by atoms with Gasteiger partial charge in [0.1, 0.15) is 0 Å². The summed E-state index contributed by atoms with van der Waals surface area (Å²) in [5, 5.41) is 11.6. The highest BCUT2D eigenvalue weighted by Gasteiger charge is 2.35. The molecule has 23 heavy (non-hydrogen) atoms. The monoisotopic (exact) mass is 329 g/mol. The van der Waals surface area contributed by atoms with E-state index in [2.05, 4.69) is 5.32 Å². The maximum atomic E-state index is 13.1. The van der Waals surface area contributed by atoms with Crippen molar-refractivity contribution in [3.05, 3.63) is 42.0 Å². The molecule has 0 heterocycles. The lowest BCUT2D eigenvalue weighted by molar-refractivity contribution is -0.117. The summed E-state index contributed by atoms with van der Waals surface area (Å²) in [6.45, 7) is 4.05. The van der Waals surface area contributed by atoms with Crippen molar-refractivity contribution in [1.29, 1.82) is 0 Å². The van der Waals surface area contributed by atoms with E-state index in [1.54, 1.807) is 6.07 Å². The summed E-state index contributed by atoms with van der Waals surface area (Å²) < 4.78 is 39.2. The van der Waals surface area contributed by atoms with E-state index in [-0.39, 0.29) is 24.1 Å². The molecule has 0 saturated heterocycles. The quantitative estimate of drug-likeness (QED) is 0.594. The van der Waals surface area contributed by atoms with Crippen molar-refractivity contribution >= 4 is 11.5 Å². The van der Waals surface area contributed by atoms with Crippen LogP contribution in [0.15, 0.2) is 36.4 Å². The average Bonchev–Trinajstić information content (AvgIpc) is 2.49. The van der Waals surface area contributed by atoms with E-state index in [0.29, 0.717) is 18.9 Å². The van der Waals surface area contributed by atoms with Gasteiger partial charge < -0.3 is 10.4 Å². The molecule has 1 amide bonds. The van der Waals surface area contributed by atoms with Crippen LogP contribution in [0.3, 0.4) is 0 Å². The van der Waals surface area contributed by atoms with Gasteiger partial charge in [-0.15, -0.1) is 0 Å². The average molecular weight is 329 g/mol. The van der Waals surface area contributed by atoms with Crippen molar-refractivity contribution in [2.75, 3.05) is 13.2 Å². The van der Waals surface area contributed by atoms with Crippen LogP contribution in [0, 0.1) is 5.41 Å². The maximum absolute atomic E-state index is 13.1. The lowest BCUT2D eigenvalue weighted by Gasteiger charge is -2.21. The number of hydrogen-bond acceptors (Lipinski definition) is 2. The fourth-order valence-corrected chi connectivity index (χ4v) is 1.99. The van der Waals surface area contributed by atoms with Gasteiger partial charge >= 0.3 is 6.18 Å². The number of carbonyl (C=O) groups is 1. The fourth-order valence-electron chi connectivity index (χ4n) is 1.99. The Bertz CT molecular complexity index is 537. The van der Waals surface area contributed by atoms with Gasteiger partial charge in [0.25, 0.3) is 0 Å². The molecule has 0 fully saturated rings. The Morgan fingerprint density at radius 1 is 1.22 bits per heavy atom. The summed E-state index contributed by atoms with van der Waals surface area (Å²) in [5.74, 6) is -0.775. The van der Waals surface area contributed by atoms with Gasteiger partial charge in [0.05, 0.1) is 5.57 Å². The molecule has 0 atom stereocenters. The zero-order chi connectivity index (χ0) is 17.5. The molecule has 1 aromatic carbocycles. The normalized spacial score (nSPS) is 13.0. The van der Waals surface area contributed by atoms with Crippen LogP contribution >= 0.6 is 0 Å². The molecule has 0 bridgehead atoms. The molecule has 1 rings (SSSR count). The Morgan fingerprint density at radius 2 is 1.83 bits per heavy atom. The molecule has 0 aliphatic heterocycles. The van der Waals surface area contributed by atoms with Gasteiger partial charge in [-0.2, -0.15) is 13.2 Å². The van der Waals surface area contributed by atoms with Crippen LogP contribution in [0.2, 0.25) is 0 Å². The zero-order valence-corrected chi connectivity index (χ0v) is 13.3. The predicted octanol–water partition coefficient (Wildman–Crippen LogP) is 3.55. The van der Waals surface area contributed by atoms with E-state index in [1.165, 1.54) is 24.3 Å². The van der Waals surface area contributed by atoms with Crippen molar-refractivity contribution in [2.24, 2.45) is 5.41 Å². The summed E-state index contributed by atoms with van der Waals surface area (Å²) in [6, 6.07) is 7.22. The largest absolute Gasteiger partial charge is 0.417 e. The summed E-state index contributed by atoms with van der Waals surface area (Å²) in [7, 11) is 0. The van der Waals surface area contributed by atoms with Crippen molar-refractivity contribution in [3.8, 4) is 0 Å². The lowest BCUT2D eigenvalue weighted by Crippen LogP contribution is -2.26. The van der Waals surface area contributed by atoms with Crippen LogP contribution in [0.4, 0.5) is 13.2 Å². The lowest BCUT2D eigenvalue weighted by atomic mass is 9.89. The SMILES string of the molecule is CC(C)(CO)CCCNC(=O)/C=C(/c1ccccc1)C(F)(F)F. The Hall–Kier alpha value is -1.82. The number of benzene rings is 1. The number of aliphatic hydroxyl groups is 1. The van der Waals surface area contributed by atoms with Crippen LogP contribution in [0.5, 0.6) is 0 Å². The van der Waals surface area contributed by atoms with Crippen molar-refractivity contribution < 1.29 is 23.1 Å².